The van der Waals surface area contributed by atoms with Crippen LogP contribution in [0.25, 0.3) is 0 Å². The molecule has 0 radical (unpaired) electrons. The quantitative estimate of drug-likeness (QED) is 0.557. The normalized spacial score (nSPS) is 19.7. The summed E-state index contributed by atoms with van der Waals surface area (Å²) in [6, 6.07) is 7.95. The molecule has 0 saturated carbocycles. The second kappa shape index (κ2) is 8.85. The van der Waals surface area contributed by atoms with Crippen LogP contribution in [0, 0.1) is 11.8 Å². The highest BCUT2D eigenvalue weighted by Gasteiger charge is 2.45. The largest absolute Gasteiger partial charge is 0.465 e. The fraction of sp³-hybridized carbons (Fsp3) is 0.579. The molecule has 0 amide bonds. The van der Waals surface area contributed by atoms with E-state index in [1.165, 1.54) is 0 Å². The molecular formula is C19H27NO5. The summed E-state index contributed by atoms with van der Waals surface area (Å²) in [7, 11) is 3.95. The summed E-state index contributed by atoms with van der Waals surface area (Å²) in [5, 5.41) is 0. The van der Waals surface area contributed by atoms with Crippen molar-refractivity contribution < 1.29 is 23.8 Å². The first-order valence-corrected chi connectivity index (χ1v) is 8.71. The van der Waals surface area contributed by atoms with Gasteiger partial charge in [-0.3, -0.25) is 9.59 Å². The van der Waals surface area contributed by atoms with Gasteiger partial charge in [-0.1, -0.05) is 12.1 Å². The maximum atomic E-state index is 12.4. The summed E-state index contributed by atoms with van der Waals surface area (Å²) in [6.45, 7) is 4.40. The van der Waals surface area contributed by atoms with Crippen LogP contribution >= 0.6 is 0 Å². The van der Waals surface area contributed by atoms with E-state index in [0.717, 1.165) is 11.3 Å². The maximum Gasteiger partial charge on any atom is 0.320 e. The predicted molar refractivity (Wildman–Crippen MR) is 94.3 cm³/mol. The molecule has 0 aromatic heterocycles. The van der Waals surface area contributed by atoms with Crippen LogP contribution in [-0.2, 0) is 23.8 Å². The molecular weight excluding hydrogens is 322 g/mol. The lowest BCUT2D eigenvalue weighted by Gasteiger charge is -2.25. The lowest BCUT2D eigenvalue weighted by Crippen LogP contribution is -2.36. The minimum absolute atomic E-state index is 0.227. The lowest BCUT2D eigenvalue weighted by atomic mass is 9.83. The van der Waals surface area contributed by atoms with Crippen molar-refractivity contribution >= 4 is 17.6 Å². The van der Waals surface area contributed by atoms with E-state index in [-0.39, 0.29) is 25.2 Å². The van der Waals surface area contributed by atoms with Gasteiger partial charge < -0.3 is 19.1 Å². The molecule has 1 aromatic carbocycles. The highest BCUT2D eigenvalue weighted by molar-refractivity contribution is 5.95. The van der Waals surface area contributed by atoms with Crippen LogP contribution in [0.5, 0.6) is 0 Å². The summed E-state index contributed by atoms with van der Waals surface area (Å²) in [5.41, 5.74) is 2.03. The molecule has 0 unspecified atom stereocenters. The Morgan fingerprint density at radius 3 is 2.16 bits per heavy atom. The number of benzene rings is 1. The predicted octanol–water partition coefficient (Wildman–Crippen LogP) is 2.57. The molecule has 138 valence electrons. The summed E-state index contributed by atoms with van der Waals surface area (Å²) >= 11 is 0. The van der Waals surface area contributed by atoms with E-state index in [0.29, 0.717) is 13.0 Å². The number of esters is 2. The minimum atomic E-state index is -0.957. The molecule has 6 heteroatoms. The van der Waals surface area contributed by atoms with Crippen molar-refractivity contribution in [2.45, 2.75) is 26.4 Å². The van der Waals surface area contributed by atoms with Crippen LogP contribution in [0.1, 0.15) is 31.9 Å². The highest BCUT2D eigenvalue weighted by Crippen LogP contribution is 2.40. The Hall–Kier alpha value is -2.08. The second-order valence-corrected chi connectivity index (χ2v) is 6.21. The summed E-state index contributed by atoms with van der Waals surface area (Å²) < 4.78 is 16.1. The standard InChI is InChI=1S/C19H27NO5/c1-5-23-18(21)16(19(22)24-6-2)15-11-12-25-17(15)13-7-9-14(10-8-13)20(3)4/h7-10,15-17H,5-6,11-12H2,1-4H3/t15-,17-/m0/s1. The van der Waals surface area contributed by atoms with Crippen LogP contribution in [0.4, 0.5) is 5.69 Å². The minimum Gasteiger partial charge on any atom is -0.465 e. The van der Waals surface area contributed by atoms with Gasteiger partial charge in [0.25, 0.3) is 0 Å². The second-order valence-electron chi connectivity index (χ2n) is 6.21. The number of anilines is 1. The molecule has 0 spiro atoms. The Morgan fingerprint density at radius 2 is 1.68 bits per heavy atom. The van der Waals surface area contributed by atoms with Gasteiger partial charge in [0.2, 0.25) is 0 Å². The third kappa shape index (κ3) is 4.51. The maximum absolute atomic E-state index is 12.4. The van der Waals surface area contributed by atoms with Crippen molar-refractivity contribution in [2.24, 2.45) is 11.8 Å². The molecule has 6 nitrogen and oxygen atoms in total. The molecule has 0 bridgehead atoms. The monoisotopic (exact) mass is 349 g/mol. The van der Waals surface area contributed by atoms with Crippen LogP contribution in [-0.4, -0.2) is 45.9 Å². The van der Waals surface area contributed by atoms with E-state index in [4.69, 9.17) is 14.2 Å². The van der Waals surface area contributed by atoms with Crippen LogP contribution in [0.3, 0.4) is 0 Å². The van der Waals surface area contributed by atoms with Gasteiger partial charge in [0, 0.05) is 32.3 Å². The molecule has 1 saturated heterocycles. The molecule has 0 aliphatic carbocycles. The molecule has 25 heavy (non-hydrogen) atoms. The molecule has 1 aliphatic rings. The topological polar surface area (TPSA) is 65.1 Å². The van der Waals surface area contributed by atoms with Crippen LogP contribution < -0.4 is 4.90 Å². The number of nitrogens with zero attached hydrogens (tertiary/aromatic N) is 1. The first kappa shape index (κ1) is 19.2. The van der Waals surface area contributed by atoms with Crippen molar-refractivity contribution in [2.75, 3.05) is 38.8 Å². The third-order valence-corrected chi connectivity index (χ3v) is 4.38. The van der Waals surface area contributed by atoms with E-state index in [9.17, 15) is 9.59 Å². The zero-order chi connectivity index (χ0) is 18.4. The number of carbonyl (C=O) groups excluding carboxylic acids is 2. The number of hydrogen-bond acceptors (Lipinski definition) is 6. The van der Waals surface area contributed by atoms with Crippen molar-refractivity contribution in [1.82, 2.24) is 0 Å². The van der Waals surface area contributed by atoms with Gasteiger partial charge in [-0.25, -0.2) is 0 Å². The SMILES string of the molecule is CCOC(=O)C(C(=O)OCC)[C@@H]1CCO[C@H]1c1ccc(N(C)C)cc1. The highest BCUT2D eigenvalue weighted by atomic mass is 16.6. The van der Waals surface area contributed by atoms with Gasteiger partial charge in [0.15, 0.2) is 5.92 Å². The first-order chi connectivity index (χ1) is 12.0. The average Bonchev–Trinajstić information content (AvgIpc) is 3.04. The zero-order valence-electron chi connectivity index (χ0n) is 15.4. The Balaban J connectivity index is 2.26. The fourth-order valence-corrected chi connectivity index (χ4v) is 3.16. The Bertz CT molecular complexity index is 566. The Labute approximate surface area is 149 Å². The summed E-state index contributed by atoms with van der Waals surface area (Å²) in [5.74, 6) is -2.32. The van der Waals surface area contributed by atoms with Gasteiger partial charge in [0.1, 0.15) is 0 Å². The van der Waals surface area contributed by atoms with Gasteiger partial charge >= 0.3 is 11.9 Å². The van der Waals surface area contributed by atoms with E-state index < -0.39 is 17.9 Å². The lowest BCUT2D eigenvalue weighted by molar-refractivity contribution is -0.165. The van der Waals surface area contributed by atoms with E-state index in [2.05, 4.69) is 0 Å². The first-order valence-electron chi connectivity index (χ1n) is 8.71. The molecule has 1 aliphatic heterocycles. The van der Waals surface area contributed by atoms with E-state index >= 15 is 0 Å². The summed E-state index contributed by atoms with van der Waals surface area (Å²) in [6.07, 6.45) is 0.289. The number of ether oxygens (including phenoxy) is 3. The van der Waals surface area contributed by atoms with Gasteiger partial charge in [-0.15, -0.1) is 0 Å². The van der Waals surface area contributed by atoms with Crippen LogP contribution in [0.15, 0.2) is 24.3 Å². The summed E-state index contributed by atoms with van der Waals surface area (Å²) in [4.78, 5) is 26.8. The van der Waals surface area contributed by atoms with Crippen molar-refractivity contribution in [3.63, 3.8) is 0 Å². The molecule has 1 fully saturated rings. The molecule has 2 rings (SSSR count). The third-order valence-electron chi connectivity index (χ3n) is 4.38. The molecule has 2 atom stereocenters. The smallest absolute Gasteiger partial charge is 0.320 e. The molecule has 0 N–H and O–H groups in total. The fourth-order valence-electron chi connectivity index (χ4n) is 3.16. The van der Waals surface area contributed by atoms with Gasteiger partial charge in [-0.05, 0) is 38.0 Å². The van der Waals surface area contributed by atoms with Gasteiger partial charge in [0.05, 0.1) is 19.3 Å². The average molecular weight is 349 g/mol. The van der Waals surface area contributed by atoms with Crippen LogP contribution in [0.2, 0.25) is 0 Å². The molecule has 1 heterocycles. The van der Waals surface area contributed by atoms with Crippen molar-refractivity contribution in [3.8, 4) is 0 Å². The number of rotatable bonds is 7. The van der Waals surface area contributed by atoms with Crippen molar-refractivity contribution in [3.05, 3.63) is 29.8 Å². The van der Waals surface area contributed by atoms with E-state index in [1.807, 2.05) is 43.3 Å². The Kier molecular flexibility index (Phi) is 6.82. The Morgan fingerprint density at radius 1 is 1.12 bits per heavy atom. The van der Waals surface area contributed by atoms with Crippen molar-refractivity contribution in [1.29, 1.82) is 0 Å². The number of carbonyl (C=O) groups is 2. The number of hydrogen-bond donors (Lipinski definition) is 0. The van der Waals surface area contributed by atoms with E-state index in [1.54, 1.807) is 13.8 Å². The van der Waals surface area contributed by atoms with Gasteiger partial charge in [-0.2, -0.15) is 0 Å². The molecule has 1 aromatic rings. The zero-order valence-corrected chi connectivity index (χ0v) is 15.4.